The molecule has 0 spiro atoms. The van der Waals surface area contributed by atoms with Gasteiger partial charge in [-0.2, -0.15) is 0 Å². The molecule has 1 saturated carbocycles. The summed E-state index contributed by atoms with van der Waals surface area (Å²) in [5, 5.41) is 2.21. The maximum Gasteiger partial charge on any atom is 0.404 e. The topological polar surface area (TPSA) is 145 Å². The van der Waals surface area contributed by atoms with Crippen LogP contribution in [0.2, 0.25) is 0 Å². The van der Waals surface area contributed by atoms with E-state index in [1.54, 1.807) is 0 Å². The van der Waals surface area contributed by atoms with Crippen LogP contribution in [0.4, 0.5) is 24.2 Å². The molecule has 3 amide bonds. The first-order valence-corrected chi connectivity index (χ1v) is 9.87. The average molecular weight is 451 g/mol. The van der Waals surface area contributed by atoms with E-state index in [1.165, 1.54) is 36.8 Å². The van der Waals surface area contributed by atoms with Crippen molar-refractivity contribution in [3.8, 4) is 17.3 Å². The number of anilines is 1. The van der Waals surface area contributed by atoms with Gasteiger partial charge in [-0.1, -0.05) is 0 Å². The van der Waals surface area contributed by atoms with E-state index >= 15 is 0 Å². The number of rotatable bonds is 7. The summed E-state index contributed by atoms with van der Waals surface area (Å²) in [5.74, 6) is 0.203. The second kappa shape index (κ2) is 10.6. The van der Waals surface area contributed by atoms with Gasteiger partial charge in [-0.15, -0.1) is 0 Å². The van der Waals surface area contributed by atoms with E-state index in [0.29, 0.717) is 36.9 Å². The molecule has 3 N–H and O–H groups in total. The zero-order valence-electron chi connectivity index (χ0n) is 17.3. The smallest absolute Gasteiger partial charge is 0.404 e. The molecule has 2 heterocycles. The number of hydrogen-bond acceptors (Lipinski definition) is 8. The monoisotopic (exact) mass is 451 g/mol. The number of urea groups is 1. The predicted molar refractivity (Wildman–Crippen MR) is 108 cm³/mol. The van der Waals surface area contributed by atoms with E-state index in [2.05, 4.69) is 25.3 Å². The summed E-state index contributed by atoms with van der Waals surface area (Å²) in [5.41, 5.74) is 6.11. The van der Waals surface area contributed by atoms with Crippen LogP contribution in [0.1, 0.15) is 25.7 Å². The lowest BCUT2D eigenvalue weighted by molar-refractivity contribution is 0.0786. The molecule has 11 nitrogen and oxygen atoms in total. The van der Waals surface area contributed by atoms with Gasteiger partial charge in [0.05, 0.1) is 31.7 Å². The lowest BCUT2D eigenvalue weighted by atomic mass is 9.92. The highest BCUT2D eigenvalue weighted by atomic mass is 19.3. The third-order valence-electron chi connectivity index (χ3n) is 4.91. The van der Waals surface area contributed by atoms with Crippen molar-refractivity contribution in [3.05, 3.63) is 24.8 Å². The van der Waals surface area contributed by atoms with Crippen LogP contribution in [0.5, 0.6) is 6.01 Å². The molecule has 0 aromatic carbocycles. The highest BCUT2D eigenvalue weighted by molar-refractivity contribution is 5.91. The fourth-order valence-corrected chi connectivity index (χ4v) is 3.44. The quantitative estimate of drug-likeness (QED) is 0.651. The SMILES string of the molecule is COc1ncc(-c2cnc(N(C(=O)NCC(F)F)[C@H]3CC[C@H](OC(N)=O)CC3)cn2)cn1. The molecular weight excluding hydrogens is 428 g/mol. The zero-order valence-corrected chi connectivity index (χ0v) is 17.3. The molecule has 0 unspecified atom stereocenters. The number of carbonyl (C=O) groups excluding carboxylic acids is 2. The minimum atomic E-state index is -2.69. The van der Waals surface area contributed by atoms with Crippen molar-refractivity contribution >= 4 is 17.9 Å². The first-order chi connectivity index (χ1) is 15.4. The number of ether oxygens (including phenoxy) is 2. The van der Waals surface area contributed by atoms with Gasteiger partial charge in [0, 0.05) is 24.0 Å². The second-order valence-corrected chi connectivity index (χ2v) is 7.03. The molecule has 32 heavy (non-hydrogen) atoms. The molecule has 0 atom stereocenters. The summed E-state index contributed by atoms with van der Waals surface area (Å²) in [6, 6.07) is -0.847. The molecule has 172 valence electrons. The highest BCUT2D eigenvalue weighted by Crippen LogP contribution is 2.28. The molecule has 0 aliphatic heterocycles. The van der Waals surface area contributed by atoms with Gasteiger partial charge in [0.1, 0.15) is 6.10 Å². The summed E-state index contributed by atoms with van der Waals surface area (Å²) in [6.07, 6.45) is 3.84. The van der Waals surface area contributed by atoms with Gasteiger partial charge in [0.15, 0.2) is 5.82 Å². The fourth-order valence-electron chi connectivity index (χ4n) is 3.44. The number of primary amides is 1. The number of nitrogens with one attached hydrogen (secondary N) is 1. The first-order valence-electron chi connectivity index (χ1n) is 9.87. The number of aromatic nitrogens is 4. The lowest BCUT2D eigenvalue weighted by Crippen LogP contribution is -2.49. The third kappa shape index (κ3) is 5.95. The number of amides is 3. The zero-order chi connectivity index (χ0) is 23.1. The molecule has 2 aromatic heterocycles. The van der Waals surface area contributed by atoms with Gasteiger partial charge in [0.2, 0.25) is 0 Å². The number of nitrogens with two attached hydrogens (primary N) is 1. The van der Waals surface area contributed by atoms with Crippen LogP contribution in [0.15, 0.2) is 24.8 Å². The summed E-state index contributed by atoms with van der Waals surface area (Å²) in [7, 11) is 1.45. The Morgan fingerprint density at radius 2 is 1.81 bits per heavy atom. The molecule has 1 fully saturated rings. The van der Waals surface area contributed by atoms with Crippen LogP contribution in [0.3, 0.4) is 0 Å². The highest BCUT2D eigenvalue weighted by Gasteiger charge is 2.32. The van der Waals surface area contributed by atoms with E-state index in [4.69, 9.17) is 15.2 Å². The fraction of sp³-hybridized carbons (Fsp3) is 0.474. The van der Waals surface area contributed by atoms with Crippen LogP contribution in [0, 0.1) is 0 Å². The maximum atomic E-state index is 12.7. The second-order valence-electron chi connectivity index (χ2n) is 7.03. The van der Waals surface area contributed by atoms with Gasteiger partial charge in [-0.05, 0) is 25.7 Å². The minimum absolute atomic E-state index is 0.203. The molecule has 3 rings (SSSR count). The van der Waals surface area contributed by atoms with Crippen LogP contribution < -0.4 is 20.7 Å². The van der Waals surface area contributed by atoms with E-state index < -0.39 is 25.1 Å². The predicted octanol–water partition coefficient (Wildman–Crippen LogP) is 2.13. The molecule has 13 heteroatoms. The van der Waals surface area contributed by atoms with Gasteiger partial charge in [0.25, 0.3) is 6.43 Å². The van der Waals surface area contributed by atoms with Crippen LogP contribution in [-0.2, 0) is 4.74 Å². The third-order valence-corrected chi connectivity index (χ3v) is 4.91. The van der Waals surface area contributed by atoms with E-state index in [1.807, 2.05) is 0 Å². The number of methoxy groups -OCH3 is 1. The van der Waals surface area contributed by atoms with Gasteiger partial charge in [-0.3, -0.25) is 9.88 Å². The Kier molecular flexibility index (Phi) is 7.63. The molecule has 1 aliphatic carbocycles. The summed E-state index contributed by atoms with van der Waals surface area (Å²) >= 11 is 0. The number of nitrogens with zero attached hydrogens (tertiary/aromatic N) is 5. The summed E-state index contributed by atoms with van der Waals surface area (Å²) in [6.45, 7) is -0.788. The minimum Gasteiger partial charge on any atom is -0.467 e. The number of halogens is 2. The molecule has 0 bridgehead atoms. The molecule has 0 saturated heterocycles. The van der Waals surface area contributed by atoms with E-state index in [0.717, 1.165) is 0 Å². The normalized spacial score (nSPS) is 18.1. The number of carbonyl (C=O) groups is 2. The Morgan fingerprint density at radius 1 is 1.12 bits per heavy atom. The number of alkyl halides is 2. The molecule has 2 aromatic rings. The van der Waals surface area contributed by atoms with Crippen molar-refractivity contribution in [2.24, 2.45) is 5.73 Å². The molecule has 1 aliphatic rings. The van der Waals surface area contributed by atoms with Crippen molar-refractivity contribution in [2.75, 3.05) is 18.6 Å². The van der Waals surface area contributed by atoms with Crippen LogP contribution in [-0.4, -0.2) is 64.3 Å². The Balaban J connectivity index is 1.78. The Bertz CT molecular complexity index is 907. The van der Waals surface area contributed by atoms with E-state index in [9.17, 15) is 18.4 Å². The van der Waals surface area contributed by atoms with Crippen LogP contribution >= 0.6 is 0 Å². The Hall–Kier alpha value is -3.64. The standard InChI is InChI=1S/C19H23F2N7O4/c1-31-18-25-6-11(7-26-18)14-8-24-16(10-23-14)28(19(30)27-9-15(20)21)12-2-4-13(5-3-12)32-17(22)29/h6-8,10,12-13,15H,2-5,9H2,1H3,(H2,22,29)(H,27,30)/t12-,13-. The maximum absolute atomic E-state index is 12.7. The van der Waals surface area contributed by atoms with Gasteiger partial charge >= 0.3 is 18.1 Å². The van der Waals surface area contributed by atoms with Crippen molar-refractivity contribution in [2.45, 2.75) is 44.3 Å². The van der Waals surface area contributed by atoms with Gasteiger partial charge in [-0.25, -0.2) is 33.3 Å². The van der Waals surface area contributed by atoms with Crippen LogP contribution in [0.25, 0.3) is 11.3 Å². The largest absolute Gasteiger partial charge is 0.467 e. The first kappa shape index (κ1) is 23.0. The Morgan fingerprint density at radius 3 is 2.34 bits per heavy atom. The molecule has 0 radical (unpaired) electrons. The lowest BCUT2D eigenvalue weighted by Gasteiger charge is -2.35. The van der Waals surface area contributed by atoms with E-state index in [-0.39, 0.29) is 24.0 Å². The van der Waals surface area contributed by atoms with Crippen molar-refractivity contribution in [1.29, 1.82) is 0 Å². The number of hydrogen-bond donors (Lipinski definition) is 2. The Labute approximate surface area is 182 Å². The average Bonchev–Trinajstić information content (AvgIpc) is 2.79. The van der Waals surface area contributed by atoms with Gasteiger partial charge < -0.3 is 20.5 Å². The van der Waals surface area contributed by atoms with Crippen molar-refractivity contribution in [3.63, 3.8) is 0 Å². The summed E-state index contributed by atoms with van der Waals surface area (Å²) in [4.78, 5) is 41.6. The van der Waals surface area contributed by atoms with Crippen molar-refractivity contribution < 1.29 is 27.8 Å². The van der Waals surface area contributed by atoms with Crippen molar-refractivity contribution in [1.82, 2.24) is 25.3 Å². The molecular formula is C19H23F2N7O4. The summed E-state index contributed by atoms with van der Waals surface area (Å²) < 4.78 is 35.2.